The number of benzene rings is 1. The van der Waals surface area contributed by atoms with Crippen molar-refractivity contribution in [2.45, 2.75) is 50.9 Å². The number of unbranched alkanes of at least 4 members (excludes halogenated alkanes) is 1. The number of ketones is 1. The average molecular weight is 274 g/mol. The molecule has 1 atom stereocenters. The minimum absolute atomic E-state index is 0.133. The van der Waals surface area contributed by atoms with Gasteiger partial charge in [0.2, 0.25) is 0 Å². The highest BCUT2D eigenvalue weighted by molar-refractivity contribution is 5.81. The van der Waals surface area contributed by atoms with E-state index in [1.165, 1.54) is 18.2 Å². The number of carbonyl (C=O) groups is 2. The molecule has 2 rings (SSSR count). The van der Waals surface area contributed by atoms with Crippen LogP contribution in [0.1, 0.15) is 55.6 Å². The Balaban J connectivity index is 1.77. The molecule has 108 valence electrons. The second kappa shape index (κ2) is 7.22. The Hall–Kier alpha value is -1.64. The lowest BCUT2D eigenvalue weighted by Gasteiger charge is -2.09. The number of hydrogen-bond donors (Lipinski definition) is 0. The number of Topliss-reactive ketones (excluding diaryl/α,β-unsaturated/α-hetero) is 1. The van der Waals surface area contributed by atoms with Crippen LogP contribution in [0, 0.1) is 0 Å². The Bertz CT molecular complexity index is 462. The number of esters is 1. The van der Waals surface area contributed by atoms with Gasteiger partial charge in [-0.05, 0) is 42.7 Å². The van der Waals surface area contributed by atoms with Gasteiger partial charge in [-0.1, -0.05) is 24.3 Å². The minimum Gasteiger partial charge on any atom is -0.469 e. The van der Waals surface area contributed by atoms with Gasteiger partial charge in [-0.3, -0.25) is 9.59 Å². The summed E-state index contributed by atoms with van der Waals surface area (Å²) in [6, 6.07) is 8.60. The second-order valence-corrected chi connectivity index (χ2v) is 5.50. The van der Waals surface area contributed by atoms with Gasteiger partial charge in [-0.2, -0.15) is 0 Å². The molecule has 1 saturated carbocycles. The van der Waals surface area contributed by atoms with E-state index in [2.05, 4.69) is 29.0 Å². The fraction of sp³-hybridized carbons (Fsp3) is 0.529. The molecule has 0 aromatic heterocycles. The first-order valence-corrected chi connectivity index (χ1v) is 7.36. The van der Waals surface area contributed by atoms with E-state index in [9.17, 15) is 9.59 Å². The van der Waals surface area contributed by atoms with E-state index in [4.69, 9.17) is 0 Å². The molecule has 0 heterocycles. The normalized spacial score (nSPS) is 18.2. The third kappa shape index (κ3) is 4.19. The Kier molecular flexibility index (Phi) is 5.33. The van der Waals surface area contributed by atoms with Crippen LogP contribution in [0.2, 0.25) is 0 Å². The maximum atomic E-state index is 11.3. The zero-order valence-corrected chi connectivity index (χ0v) is 12.1. The van der Waals surface area contributed by atoms with E-state index < -0.39 is 0 Å². The zero-order valence-electron chi connectivity index (χ0n) is 12.1. The lowest BCUT2D eigenvalue weighted by atomic mass is 9.95. The van der Waals surface area contributed by atoms with Crippen LogP contribution in [0.4, 0.5) is 0 Å². The summed E-state index contributed by atoms with van der Waals surface area (Å²) in [5.41, 5.74) is 2.58. The summed E-state index contributed by atoms with van der Waals surface area (Å²) in [6.45, 7) is 0. The van der Waals surface area contributed by atoms with Gasteiger partial charge in [0.25, 0.3) is 0 Å². The Morgan fingerprint density at radius 1 is 1.25 bits per heavy atom. The first kappa shape index (κ1) is 14.8. The number of rotatable bonds is 6. The zero-order chi connectivity index (χ0) is 14.4. The molecule has 0 radical (unpaired) electrons. The number of carbonyl (C=O) groups excluding carboxylic acids is 2. The molecule has 0 amide bonds. The van der Waals surface area contributed by atoms with Crippen LogP contribution in [-0.4, -0.2) is 18.9 Å². The molecule has 0 N–H and O–H groups in total. The van der Waals surface area contributed by atoms with Crippen LogP contribution in [0.25, 0.3) is 0 Å². The molecular weight excluding hydrogens is 252 g/mol. The molecular formula is C17H22O3. The van der Waals surface area contributed by atoms with E-state index in [0.717, 1.165) is 32.1 Å². The molecule has 1 aliphatic carbocycles. The van der Waals surface area contributed by atoms with Gasteiger partial charge in [0.15, 0.2) is 0 Å². The molecule has 20 heavy (non-hydrogen) atoms. The smallest absolute Gasteiger partial charge is 0.305 e. The van der Waals surface area contributed by atoms with Crippen LogP contribution < -0.4 is 0 Å². The van der Waals surface area contributed by atoms with Gasteiger partial charge in [0.05, 0.1) is 7.11 Å². The predicted molar refractivity (Wildman–Crippen MR) is 77.6 cm³/mol. The quantitative estimate of drug-likeness (QED) is 0.590. The molecule has 1 aromatic rings. The van der Waals surface area contributed by atoms with Crippen LogP contribution in [0.5, 0.6) is 0 Å². The van der Waals surface area contributed by atoms with Gasteiger partial charge in [-0.15, -0.1) is 0 Å². The van der Waals surface area contributed by atoms with Gasteiger partial charge in [0.1, 0.15) is 5.78 Å². The molecule has 0 bridgehead atoms. The summed E-state index contributed by atoms with van der Waals surface area (Å²) in [4.78, 5) is 22.3. The molecule has 0 spiro atoms. The Labute approximate surface area is 120 Å². The summed E-state index contributed by atoms with van der Waals surface area (Å²) in [5.74, 6) is 0.684. The monoisotopic (exact) mass is 274 g/mol. The largest absolute Gasteiger partial charge is 0.469 e. The summed E-state index contributed by atoms with van der Waals surface area (Å²) < 4.78 is 4.62. The third-order valence-electron chi connectivity index (χ3n) is 4.02. The molecule has 0 aliphatic heterocycles. The summed E-state index contributed by atoms with van der Waals surface area (Å²) in [6.07, 6.45) is 5.79. The summed E-state index contributed by atoms with van der Waals surface area (Å²) >= 11 is 0. The topological polar surface area (TPSA) is 43.4 Å². The number of hydrogen-bond acceptors (Lipinski definition) is 3. The molecule has 0 saturated heterocycles. The fourth-order valence-electron chi connectivity index (χ4n) is 2.76. The van der Waals surface area contributed by atoms with Crippen molar-refractivity contribution in [2.24, 2.45) is 0 Å². The first-order valence-electron chi connectivity index (χ1n) is 7.36. The van der Waals surface area contributed by atoms with E-state index in [1.807, 2.05) is 0 Å². The molecule has 1 unspecified atom stereocenters. The Morgan fingerprint density at radius 3 is 2.60 bits per heavy atom. The third-order valence-corrected chi connectivity index (χ3v) is 4.02. The van der Waals surface area contributed by atoms with E-state index in [-0.39, 0.29) is 5.97 Å². The van der Waals surface area contributed by atoms with E-state index in [1.54, 1.807) is 0 Å². The minimum atomic E-state index is -0.133. The summed E-state index contributed by atoms with van der Waals surface area (Å²) in [7, 11) is 1.43. The molecule has 3 nitrogen and oxygen atoms in total. The number of ether oxygens (including phenoxy) is 1. The van der Waals surface area contributed by atoms with Crippen LogP contribution in [-0.2, 0) is 20.7 Å². The lowest BCUT2D eigenvalue weighted by Crippen LogP contribution is -2.00. The van der Waals surface area contributed by atoms with Crippen molar-refractivity contribution in [1.29, 1.82) is 0 Å². The maximum Gasteiger partial charge on any atom is 0.305 e. The van der Waals surface area contributed by atoms with Gasteiger partial charge in [0, 0.05) is 19.3 Å². The van der Waals surface area contributed by atoms with Crippen molar-refractivity contribution in [2.75, 3.05) is 7.11 Å². The number of aryl methyl sites for hydroxylation is 1. The van der Waals surface area contributed by atoms with Crippen molar-refractivity contribution in [1.82, 2.24) is 0 Å². The highest BCUT2D eigenvalue weighted by atomic mass is 16.5. The predicted octanol–water partition coefficient (Wildman–Crippen LogP) is 3.41. The van der Waals surface area contributed by atoms with Crippen molar-refractivity contribution >= 4 is 11.8 Å². The van der Waals surface area contributed by atoms with Gasteiger partial charge < -0.3 is 4.74 Å². The summed E-state index contributed by atoms with van der Waals surface area (Å²) in [5, 5.41) is 0. The second-order valence-electron chi connectivity index (χ2n) is 5.50. The van der Waals surface area contributed by atoms with Gasteiger partial charge in [-0.25, -0.2) is 0 Å². The van der Waals surface area contributed by atoms with Crippen molar-refractivity contribution < 1.29 is 14.3 Å². The standard InChI is InChI=1S/C17H22O3/c1-20-17(19)5-3-2-4-13-6-8-14(9-7-13)15-10-11-16(18)12-15/h6-9,15H,2-5,10-12H2,1H3. The maximum absolute atomic E-state index is 11.3. The fourth-order valence-corrected chi connectivity index (χ4v) is 2.76. The Morgan fingerprint density at radius 2 is 2.00 bits per heavy atom. The van der Waals surface area contributed by atoms with Crippen LogP contribution in [0.15, 0.2) is 24.3 Å². The van der Waals surface area contributed by atoms with Crippen LogP contribution in [0.3, 0.4) is 0 Å². The van der Waals surface area contributed by atoms with Crippen molar-refractivity contribution in [3.8, 4) is 0 Å². The lowest BCUT2D eigenvalue weighted by molar-refractivity contribution is -0.140. The SMILES string of the molecule is COC(=O)CCCCc1ccc(C2CCC(=O)C2)cc1. The first-order chi connectivity index (χ1) is 9.69. The van der Waals surface area contributed by atoms with Crippen LogP contribution >= 0.6 is 0 Å². The van der Waals surface area contributed by atoms with Gasteiger partial charge >= 0.3 is 5.97 Å². The molecule has 1 aromatic carbocycles. The highest BCUT2D eigenvalue weighted by Gasteiger charge is 2.23. The van der Waals surface area contributed by atoms with Crippen molar-refractivity contribution in [3.63, 3.8) is 0 Å². The van der Waals surface area contributed by atoms with Crippen molar-refractivity contribution in [3.05, 3.63) is 35.4 Å². The highest BCUT2D eigenvalue weighted by Crippen LogP contribution is 2.32. The van der Waals surface area contributed by atoms with E-state index in [0.29, 0.717) is 24.5 Å². The molecule has 1 aliphatic rings. The number of methoxy groups -OCH3 is 1. The average Bonchev–Trinajstić information content (AvgIpc) is 2.90. The van der Waals surface area contributed by atoms with E-state index >= 15 is 0 Å². The molecule has 1 fully saturated rings. The molecule has 3 heteroatoms.